The lowest BCUT2D eigenvalue weighted by atomic mass is 10.0. The molecule has 0 radical (unpaired) electrons. The minimum Gasteiger partial charge on any atom is -0.462 e. The van der Waals surface area contributed by atoms with Gasteiger partial charge in [-0.25, -0.2) is 0 Å². The zero-order chi connectivity index (χ0) is 32.2. The molecule has 44 heavy (non-hydrogen) atoms. The van der Waals surface area contributed by atoms with Crippen LogP contribution in [-0.2, 0) is 19.1 Å². The summed E-state index contributed by atoms with van der Waals surface area (Å²) in [6.45, 7) is 4.09. The lowest BCUT2D eigenvalue weighted by molar-refractivity contribution is -0.161. The predicted molar refractivity (Wildman–Crippen MR) is 187 cm³/mol. The Hall–Kier alpha value is -1.62. The number of allylic oxidation sites excluding steroid dienone is 4. The average Bonchev–Trinajstić information content (AvgIpc) is 3.02. The fourth-order valence-electron chi connectivity index (χ4n) is 5.33. The minimum atomic E-state index is -0.773. The number of aliphatic hydroxyl groups is 1. The molecule has 0 saturated carbocycles. The molecule has 1 N–H and O–H groups in total. The van der Waals surface area contributed by atoms with Crippen LogP contribution in [0.3, 0.4) is 0 Å². The number of carbonyl (C=O) groups is 2. The molecule has 0 aromatic heterocycles. The van der Waals surface area contributed by atoms with Crippen LogP contribution in [-0.4, -0.2) is 36.4 Å². The van der Waals surface area contributed by atoms with Gasteiger partial charge in [-0.1, -0.05) is 167 Å². The van der Waals surface area contributed by atoms with E-state index in [9.17, 15) is 14.7 Å². The van der Waals surface area contributed by atoms with E-state index in [2.05, 4.69) is 38.2 Å². The van der Waals surface area contributed by atoms with Crippen molar-refractivity contribution in [2.24, 2.45) is 0 Å². The lowest BCUT2D eigenvalue weighted by Crippen LogP contribution is -2.28. The first-order valence-corrected chi connectivity index (χ1v) is 18.9. The van der Waals surface area contributed by atoms with Crippen LogP contribution in [0.25, 0.3) is 0 Å². The Morgan fingerprint density at radius 1 is 0.523 bits per heavy atom. The van der Waals surface area contributed by atoms with Gasteiger partial charge in [-0.05, 0) is 38.5 Å². The molecule has 0 aliphatic carbocycles. The maximum absolute atomic E-state index is 12.1. The molecule has 0 saturated heterocycles. The monoisotopic (exact) mass is 621 g/mol. The van der Waals surface area contributed by atoms with Gasteiger partial charge in [0, 0.05) is 12.8 Å². The van der Waals surface area contributed by atoms with Gasteiger partial charge in [-0.15, -0.1) is 0 Å². The van der Waals surface area contributed by atoms with Gasteiger partial charge in [0.15, 0.2) is 6.10 Å². The number of hydrogen-bond donors (Lipinski definition) is 1. The molecule has 0 aromatic carbocycles. The van der Waals surface area contributed by atoms with Crippen molar-refractivity contribution in [3.8, 4) is 0 Å². The summed E-state index contributed by atoms with van der Waals surface area (Å²) < 4.78 is 10.6. The highest BCUT2D eigenvalue weighted by molar-refractivity contribution is 5.70. The predicted octanol–water partition coefficient (Wildman–Crippen LogP) is 11.5. The molecule has 0 aliphatic rings. The zero-order valence-corrected chi connectivity index (χ0v) is 29.2. The summed E-state index contributed by atoms with van der Waals surface area (Å²) in [4.78, 5) is 24.2. The number of rotatable bonds is 34. The van der Waals surface area contributed by atoms with E-state index in [1.807, 2.05) is 0 Å². The highest BCUT2D eigenvalue weighted by Gasteiger charge is 2.16. The Kier molecular flexibility index (Phi) is 34.5. The molecule has 5 nitrogen and oxygen atoms in total. The molecular formula is C39H72O5. The summed E-state index contributed by atoms with van der Waals surface area (Å²) in [5.74, 6) is -0.601. The van der Waals surface area contributed by atoms with Crippen molar-refractivity contribution in [3.05, 3.63) is 24.3 Å². The minimum absolute atomic E-state index is 0.0675. The van der Waals surface area contributed by atoms with Gasteiger partial charge in [0.25, 0.3) is 0 Å². The Morgan fingerprint density at radius 2 is 0.932 bits per heavy atom. The molecule has 0 spiro atoms. The quantitative estimate of drug-likeness (QED) is 0.0440. The van der Waals surface area contributed by atoms with Crippen LogP contribution in [0.5, 0.6) is 0 Å². The third-order valence-corrected chi connectivity index (χ3v) is 8.25. The van der Waals surface area contributed by atoms with Gasteiger partial charge in [0.05, 0.1) is 6.61 Å². The number of aliphatic hydroxyl groups excluding tert-OH is 1. The van der Waals surface area contributed by atoms with Crippen molar-refractivity contribution in [1.29, 1.82) is 0 Å². The van der Waals surface area contributed by atoms with Gasteiger partial charge >= 0.3 is 11.9 Å². The van der Waals surface area contributed by atoms with Crippen LogP contribution in [0.15, 0.2) is 24.3 Å². The average molecular weight is 621 g/mol. The van der Waals surface area contributed by atoms with Crippen molar-refractivity contribution in [2.75, 3.05) is 13.2 Å². The summed E-state index contributed by atoms with van der Waals surface area (Å²) >= 11 is 0. The van der Waals surface area contributed by atoms with E-state index in [1.54, 1.807) is 0 Å². The molecule has 1 atom stereocenters. The molecule has 0 heterocycles. The van der Waals surface area contributed by atoms with Gasteiger partial charge in [-0.3, -0.25) is 9.59 Å². The second-order valence-electron chi connectivity index (χ2n) is 12.7. The first-order valence-electron chi connectivity index (χ1n) is 18.9. The Labute approximate surface area is 273 Å². The van der Waals surface area contributed by atoms with Crippen molar-refractivity contribution < 1.29 is 24.2 Å². The number of unbranched alkanes of at least 4 members (excludes halogenated alkanes) is 22. The molecule has 0 bridgehead atoms. The maximum atomic E-state index is 12.1. The number of esters is 2. The number of ether oxygens (including phenoxy) is 2. The molecule has 0 rings (SSSR count). The third-order valence-electron chi connectivity index (χ3n) is 8.25. The van der Waals surface area contributed by atoms with E-state index in [1.165, 1.54) is 116 Å². The zero-order valence-electron chi connectivity index (χ0n) is 29.2. The standard InChI is InChI=1S/C39H72O5/c1-3-5-7-9-11-13-15-17-19-20-22-23-25-27-29-31-33-38(41)43-36-37(35-40)44-39(42)34-32-30-28-26-24-21-18-16-14-12-10-8-6-4-2/h10,12,16,18,37,40H,3-9,11,13-15,17,19-36H2,1-2H3/b12-10-,18-16-. The fraction of sp³-hybridized carbons (Fsp3) is 0.846. The fourth-order valence-corrected chi connectivity index (χ4v) is 5.33. The maximum Gasteiger partial charge on any atom is 0.306 e. The summed E-state index contributed by atoms with van der Waals surface area (Å²) in [6, 6.07) is 0. The highest BCUT2D eigenvalue weighted by Crippen LogP contribution is 2.14. The van der Waals surface area contributed by atoms with E-state index < -0.39 is 6.10 Å². The van der Waals surface area contributed by atoms with Crippen LogP contribution >= 0.6 is 0 Å². The SMILES string of the molecule is CCCC/C=C\C/C=C\CCCCCCCC(=O)OC(CO)COC(=O)CCCCCCCCCCCCCCCCCC. The first-order chi connectivity index (χ1) is 21.6. The molecule has 0 aliphatic heterocycles. The number of hydrogen-bond acceptors (Lipinski definition) is 5. The molecular weight excluding hydrogens is 548 g/mol. The van der Waals surface area contributed by atoms with Crippen LogP contribution in [0.1, 0.15) is 194 Å². The van der Waals surface area contributed by atoms with Crippen LogP contribution < -0.4 is 0 Å². The van der Waals surface area contributed by atoms with Crippen LogP contribution in [0.2, 0.25) is 0 Å². The Bertz CT molecular complexity index is 671. The molecule has 5 heteroatoms. The van der Waals surface area contributed by atoms with Crippen molar-refractivity contribution in [1.82, 2.24) is 0 Å². The Morgan fingerprint density at radius 3 is 1.41 bits per heavy atom. The molecule has 258 valence electrons. The Balaban J connectivity index is 3.55. The first kappa shape index (κ1) is 42.4. The van der Waals surface area contributed by atoms with E-state index in [4.69, 9.17) is 9.47 Å². The molecule has 0 fully saturated rings. The van der Waals surface area contributed by atoms with E-state index in [-0.39, 0.29) is 25.2 Å². The van der Waals surface area contributed by atoms with Crippen molar-refractivity contribution in [2.45, 2.75) is 200 Å². The lowest BCUT2D eigenvalue weighted by Gasteiger charge is -2.15. The molecule has 0 aromatic rings. The van der Waals surface area contributed by atoms with Gasteiger partial charge in [0.2, 0.25) is 0 Å². The normalized spacial score (nSPS) is 12.3. The summed E-state index contributed by atoms with van der Waals surface area (Å²) in [5, 5.41) is 9.53. The second-order valence-corrected chi connectivity index (χ2v) is 12.7. The van der Waals surface area contributed by atoms with Crippen LogP contribution in [0.4, 0.5) is 0 Å². The van der Waals surface area contributed by atoms with Gasteiger partial charge in [-0.2, -0.15) is 0 Å². The number of carbonyl (C=O) groups excluding carboxylic acids is 2. The van der Waals surface area contributed by atoms with Crippen molar-refractivity contribution >= 4 is 11.9 Å². The largest absolute Gasteiger partial charge is 0.462 e. The van der Waals surface area contributed by atoms with E-state index in [0.29, 0.717) is 12.8 Å². The third kappa shape index (κ3) is 33.3. The molecule has 0 amide bonds. The van der Waals surface area contributed by atoms with E-state index >= 15 is 0 Å². The van der Waals surface area contributed by atoms with Gasteiger partial charge in [0.1, 0.15) is 6.61 Å². The smallest absolute Gasteiger partial charge is 0.306 e. The molecule has 1 unspecified atom stereocenters. The van der Waals surface area contributed by atoms with Crippen molar-refractivity contribution in [3.63, 3.8) is 0 Å². The summed E-state index contributed by atoms with van der Waals surface area (Å²) in [6.07, 6.45) is 40.9. The topological polar surface area (TPSA) is 72.8 Å². The van der Waals surface area contributed by atoms with Gasteiger partial charge < -0.3 is 14.6 Å². The van der Waals surface area contributed by atoms with Crippen LogP contribution in [0, 0.1) is 0 Å². The summed E-state index contributed by atoms with van der Waals surface area (Å²) in [7, 11) is 0. The second kappa shape index (κ2) is 35.9. The summed E-state index contributed by atoms with van der Waals surface area (Å²) in [5.41, 5.74) is 0. The van der Waals surface area contributed by atoms with E-state index in [0.717, 1.165) is 51.4 Å². The highest BCUT2D eigenvalue weighted by atomic mass is 16.6.